The number of amides is 1. The number of ketones is 1. The topological polar surface area (TPSA) is 86.2 Å². The number of carbonyl (C=O) groups is 2. The van der Waals surface area contributed by atoms with Crippen LogP contribution in [0.5, 0.6) is 0 Å². The number of hydrogen-bond acceptors (Lipinski definition) is 3. The summed E-state index contributed by atoms with van der Waals surface area (Å²) in [6, 6.07) is -0.516. The van der Waals surface area contributed by atoms with Crippen molar-refractivity contribution in [3.8, 4) is 0 Å². The van der Waals surface area contributed by atoms with Gasteiger partial charge >= 0.3 is 0 Å². The first-order chi connectivity index (χ1) is 5.57. The van der Waals surface area contributed by atoms with Crippen molar-refractivity contribution in [3.05, 3.63) is 0 Å². The van der Waals surface area contributed by atoms with E-state index < -0.39 is 11.9 Å². The molecule has 0 fully saturated rings. The maximum atomic E-state index is 11.1. The highest BCUT2D eigenvalue weighted by Crippen LogP contribution is 1.99. The second kappa shape index (κ2) is 5.71. The Labute approximate surface area is 72.3 Å². The van der Waals surface area contributed by atoms with E-state index in [4.69, 9.17) is 11.5 Å². The Hall–Kier alpha value is -0.900. The fourth-order valence-corrected chi connectivity index (χ4v) is 0.891. The van der Waals surface area contributed by atoms with E-state index in [-0.39, 0.29) is 12.2 Å². The first-order valence-electron chi connectivity index (χ1n) is 4.14. The summed E-state index contributed by atoms with van der Waals surface area (Å²) in [6.45, 7) is 1.92. The maximum absolute atomic E-state index is 11.1. The quantitative estimate of drug-likeness (QED) is 0.589. The molecule has 0 aromatic carbocycles. The van der Waals surface area contributed by atoms with Crippen molar-refractivity contribution in [2.24, 2.45) is 11.5 Å². The van der Waals surface area contributed by atoms with Crippen molar-refractivity contribution in [1.82, 2.24) is 0 Å². The van der Waals surface area contributed by atoms with Gasteiger partial charge in [-0.05, 0) is 12.8 Å². The summed E-state index contributed by atoms with van der Waals surface area (Å²) < 4.78 is 0. The largest absolute Gasteiger partial charge is 0.370 e. The van der Waals surface area contributed by atoms with Crippen LogP contribution in [0.2, 0.25) is 0 Å². The van der Waals surface area contributed by atoms with E-state index >= 15 is 0 Å². The molecule has 0 aliphatic carbocycles. The standard InChI is InChI=1S/C8H16N2O2/c1-2-3-7(11)6(9)4-5-8(10)12/h6H,2-5,9H2,1H3,(H2,10,12)/t6-/m0/s1. The van der Waals surface area contributed by atoms with Crippen LogP contribution in [0.15, 0.2) is 0 Å². The molecule has 4 heteroatoms. The van der Waals surface area contributed by atoms with Gasteiger partial charge in [0, 0.05) is 12.8 Å². The minimum absolute atomic E-state index is 0.0127. The Morgan fingerprint density at radius 1 is 1.33 bits per heavy atom. The third-order valence-corrected chi connectivity index (χ3v) is 1.61. The highest BCUT2D eigenvalue weighted by molar-refractivity contribution is 5.84. The third-order valence-electron chi connectivity index (χ3n) is 1.61. The molecule has 0 aliphatic rings. The zero-order chi connectivity index (χ0) is 9.56. The van der Waals surface area contributed by atoms with Crippen LogP contribution in [0.3, 0.4) is 0 Å². The van der Waals surface area contributed by atoms with Gasteiger partial charge in [0.2, 0.25) is 5.91 Å². The summed E-state index contributed by atoms with van der Waals surface area (Å²) in [4.78, 5) is 21.4. The van der Waals surface area contributed by atoms with Gasteiger partial charge in [-0.25, -0.2) is 0 Å². The van der Waals surface area contributed by atoms with Gasteiger partial charge in [0.05, 0.1) is 6.04 Å². The molecule has 0 aliphatic heterocycles. The van der Waals surface area contributed by atoms with E-state index in [1.165, 1.54) is 0 Å². The second-order valence-corrected chi connectivity index (χ2v) is 2.83. The van der Waals surface area contributed by atoms with Gasteiger partial charge in [-0.1, -0.05) is 6.92 Å². The number of primary amides is 1. The van der Waals surface area contributed by atoms with Crippen LogP contribution < -0.4 is 11.5 Å². The highest BCUT2D eigenvalue weighted by Gasteiger charge is 2.12. The molecule has 70 valence electrons. The molecule has 0 aromatic heterocycles. The van der Waals surface area contributed by atoms with Gasteiger partial charge in [0.1, 0.15) is 5.78 Å². The molecule has 4 N–H and O–H groups in total. The van der Waals surface area contributed by atoms with E-state index in [2.05, 4.69) is 0 Å². The lowest BCUT2D eigenvalue weighted by molar-refractivity contribution is -0.121. The molecule has 0 rings (SSSR count). The lowest BCUT2D eigenvalue weighted by Gasteiger charge is -2.07. The predicted octanol–water partition coefficient (Wildman–Crippen LogP) is -0.0516. The average Bonchev–Trinajstić information content (AvgIpc) is 2.00. The first kappa shape index (κ1) is 11.1. The summed E-state index contributed by atoms with van der Waals surface area (Å²) in [7, 11) is 0. The summed E-state index contributed by atoms with van der Waals surface area (Å²) in [6.07, 6.45) is 1.84. The average molecular weight is 172 g/mol. The molecule has 0 bridgehead atoms. The van der Waals surface area contributed by atoms with Crippen molar-refractivity contribution < 1.29 is 9.59 Å². The van der Waals surface area contributed by atoms with Crippen LogP contribution in [0.1, 0.15) is 32.6 Å². The smallest absolute Gasteiger partial charge is 0.217 e. The van der Waals surface area contributed by atoms with Gasteiger partial charge in [-0.15, -0.1) is 0 Å². The fourth-order valence-electron chi connectivity index (χ4n) is 0.891. The van der Waals surface area contributed by atoms with Crippen molar-refractivity contribution in [2.75, 3.05) is 0 Å². The lowest BCUT2D eigenvalue weighted by Crippen LogP contribution is -2.31. The van der Waals surface area contributed by atoms with Gasteiger partial charge in [0.15, 0.2) is 0 Å². The van der Waals surface area contributed by atoms with Crippen molar-refractivity contribution in [1.29, 1.82) is 0 Å². The molecule has 0 saturated heterocycles. The molecule has 12 heavy (non-hydrogen) atoms. The third kappa shape index (κ3) is 4.85. The minimum Gasteiger partial charge on any atom is -0.370 e. The molecule has 0 unspecified atom stereocenters. The highest BCUT2D eigenvalue weighted by atomic mass is 16.1. The second-order valence-electron chi connectivity index (χ2n) is 2.83. The molecular formula is C8H16N2O2. The van der Waals surface area contributed by atoms with Gasteiger partial charge in [-0.3, -0.25) is 9.59 Å². The molecule has 0 spiro atoms. The number of carbonyl (C=O) groups excluding carboxylic acids is 2. The number of rotatable bonds is 6. The van der Waals surface area contributed by atoms with Crippen LogP contribution in [0.4, 0.5) is 0 Å². The monoisotopic (exact) mass is 172 g/mol. The number of Topliss-reactive ketones (excluding diaryl/α,β-unsaturated/α-hetero) is 1. The van der Waals surface area contributed by atoms with E-state index in [1.807, 2.05) is 6.92 Å². The van der Waals surface area contributed by atoms with Crippen molar-refractivity contribution in [3.63, 3.8) is 0 Å². The van der Waals surface area contributed by atoms with Crippen LogP contribution in [-0.4, -0.2) is 17.7 Å². The zero-order valence-corrected chi connectivity index (χ0v) is 7.38. The van der Waals surface area contributed by atoms with Crippen LogP contribution in [-0.2, 0) is 9.59 Å². The Balaban J connectivity index is 3.63. The first-order valence-corrected chi connectivity index (χ1v) is 4.14. The SMILES string of the molecule is CCCC(=O)[C@@H](N)CCC(N)=O. The summed E-state index contributed by atoms with van der Waals surface area (Å²) in [5.41, 5.74) is 10.4. The van der Waals surface area contributed by atoms with Crippen LogP contribution >= 0.6 is 0 Å². The molecule has 0 saturated carbocycles. The van der Waals surface area contributed by atoms with Crippen LogP contribution in [0, 0.1) is 0 Å². The molecule has 4 nitrogen and oxygen atoms in total. The van der Waals surface area contributed by atoms with Gasteiger partial charge < -0.3 is 11.5 Å². The normalized spacial score (nSPS) is 12.5. The Kier molecular flexibility index (Phi) is 5.28. The fraction of sp³-hybridized carbons (Fsp3) is 0.750. The van der Waals surface area contributed by atoms with Crippen molar-refractivity contribution >= 4 is 11.7 Å². The summed E-state index contributed by atoms with van der Waals surface area (Å²) in [5, 5.41) is 0. The molecule has 1 atom stereocenters. The minimum atomic E-state index is -0.516. The van der Waals surface area contributed by atoms with E-state index in [0.717, 1.165) is 6.42 Å². The molecular weight excluding hydrogens is 156 g/mol. The molecule has 1 amide bonds. The Bertz CT molecular complexity index is 168. The van der Waals surface area contributed by atoms with E-state index in [1.54, 1.807) is 0 Å². The van der Waals surface area contributed by atoms with Crippen molar-refractivity contribution in [2.45, 2.75) is 38.6 Å². The van der Waals surface area contributed by atoms with Gasteiger partial charge in [-0.2, -0.15) is 0 Å². The van der Waals surface area contributed by atoms with E-state index in [9.17, 15) is 9.59 Å². The summed E-state index contributed by atoms with van der Waals surface area (Å²) in [5.74, 6) is -0.395. The van der Waals surface area contributed by atoms with E-state index in [0.29, 0.717) is 12.8 Å². The lowest BCUT2D eigenvalue weighted by atomic mass is 10.0. The summed E-state index contributed by atoms with van der Waals surface area (Å²) >= 11 is 0. The molecule has 0 aromatic rings. The molecule has 0 heterocycles. The molecule has 0 radical (unpaired) electrons. The Morgan fingerprint density at radius 2 is 1.92 bits per heavy atom. The number of nitrogens with two attached hydrogens (primary N) is 2. The maximum Gasteiger partial charge on any atom is 0.217 e. The van der Waals surface area contributed by atoms with Crippen LogP contribution in [0.25, 0.3) is 0 Å². The predicted molar refractivity (Wildman–Crippen MR) is 46.3 cm³/mol. The van der Waals surface area contributed by atoms with Gasteiger partial charge in [0.25, 0.3) is 0 Å². The zero-order valence-electron chi connectivity index (χ0n) is 7.38. The Morgan fingerprint density at radius 3 is 2.33 bits per heavy atom. The number of hydrogen-bond donors (Lipinski definition) is 2.